The van der Waals surface area contributed by atoms with Gasteiger partial charge in [0.05, 0.1) is 12.1 Å². The Hall–Kier alpha value is -5.09. The minimum Gasteiger partial charge on any atom is -0.504 e. The molecule has 3 N–H and O–H groups in total. The molecule has 0 saturated heterocycles. The molecule has 3 aliphatic heterocycles. The average molecular weight is 695 g/mol. The molecule has 7 rings (SSSR count). The Labute approximate surface area is 302 Å². The zero-order chi connectivity index (χ0) is 36.5. The molecule has 10 heteroatoms. The number of phenols is 1. The van der Waals surface area contributed by atoms with Gasteiger partial charge in [-0.15, -0.1) is 0 Å². The Morgan fingerprint density at radius 3 is 2.16 bits per heavy atom. The van der Waals surface area contributed by atoms with Crippen molar-refractivity contribution in [2.75, 3.05) is 67.1 Å². The number of rotatable bonds is 9. The molecule has 0 aromatic heterocycles. The van der Waals surface area contributed by atoms with E-state index in [0.29, 0.717) is 5.75 Å². The number of nitrogens with zero attached hydrogens (tertiary/aromatic N) is 5. The highest BCUT2D eigenvalue weighted by atomic mass is 16.6. The molecule has 0 spiro atoms. The maximum atomic E-state index is 9.50. The van der Waals surface area contributed by atoms with Crippen molar-refractivity contribution in [3.63, 3.8) is 0 Å². The van der Waals surface area contributed by atoms with Gasteiger partial charge in [0.25, 0.3) is 6.79 Å². The van der Waals surface area contributed by atoms with Crippen molar-refractivity contribution < 1.29 is 18.8 Å². The number of carbonyl (C=O) groups excluding carboxylic acids is 1. The highest BCUT2D eigenvalue weighted by molar-refractivity contribution is 5.83. The van der Waals surface area contributed by atoms with Crippen LogP contribution in [0.25, 0.3) is 22.6 Å². The predicted octanol–water partition coefficient (Wildman–Crippen LogP) is 6.76. The van der Waals surface area contributed by atoms with E-state index < -0.39 is 0 Å². The molecule has 0 unspecified atom stereocenters. The van der Waals surface area contributed by atoms with Crippen LogP contribution < -0.4 is 35.4 Å². The summed E-state index contributed by atoms with van der Waals surface area (Å²) in [6.45, 7) is 24.4. The van der Waals surface area contributed by atoms with Gasteiger partial charge in [0.2, 0.25) is 5.36 Å². The van der Waals surface area contributed by atoms with Gasteiger partial charge in [0.15, 0.2) is 22.8 Å². The molecule has 0 radical (unpaired) electrons. The number of hydrogen-bond acceptors (Lipinski definition) is 8. The van der Waals surface area contributed by atoms with Crippen molar-refractivity contribution >= 4 is 35.0 Å². The van der Waals surface area contributed by atoms with E-state index in [4.69, 9.17) is 19.7 Å². The topological polar surface area (TPSA) is 106 Å². The number of phenolic OH excluding ortho intramolecular Hbond substituents is 1. The third-order valence-corrected chi connectivity index (χ3v) is 9.86. The second kappa shape index (κ2) is 17.2. The lowest BCUT2D eigenvalue weighted by molar-refractivity contribution is -0.354. The summed E-state index contributed by atoms with van der Waals surface area (Å²) in [7, 11) is 0. The minimum absolute atomic E-state index is 0.0666. The van der Waals surface area contributed by atoms with Gasteiger partial charge in [0.1, 0.15) is 24.3 Å². The fourth-order valence-electron chi connectivity index (χ4n) is 6.91. The molecule has 0 bridgehead atoms. The number of hydrogen-bond donors (Lipinski definition) is 2. The summed E-state index contributed by atoms with van der Waals surface area (Å²) in [5, 5.41) is 10.7. The van der Waals surface area contributed by atoms with E-state index in [1.807, 2.05) is 12.1 Å². The number of fused-ring (bicyclic) bond motifs is 4. The summed E-state index contributed by atoms with van der Waals surface area (Å²) in [6, 6.07) is 22.0. The van der Waals surface area contributed by atoms with Crippen LogP contribution in [0.15, 0.2) is 71.1 Å². The van der Waals surface area contributed by atoms with Crippen LogP contribution in [-0.2, 0) is 17.3 Å². The van der Waals surface area contributed by atoms with Gasteiger partial charge >= 0.3 is 5.75 Å². The molecule has 4 aliphatic rings. The molecule has 0 amide bonds. The molecule has 0 fully saturated rings. The smallest absolute Gasteiger partial charge is 0.353 e. The van der Waals surface area contributed by atoms with Crippen molar-refractivity contribution in [1.29, 1.82) is 0 Å². The number of aromatic hydroxyl groups is 1. The third kappa shape index (κ3) is 8.28. The Kier molecular flexibility index (Phi) is 12.6. The van der Waals surface area contributed by atoms with E-state index in [1.165, 1.54) is 27.9 Å². The van der Waals surface area contributed by atoms with Crippen molar-refractivity contribution in [3.05, 3.63) is 83.2 Å². The summed E-state index contributed by atoms with van der Waals surface area (Å²) >= 11 is 0. The monoisotopic (exact) mass is 694 g/mol. The number of likely N-dealkylation sites (N-methyl/N-ethyl adjacent to an activating group) is 2. The van der Waals surface area contributed by atoms with Crippen LogP contribution in [0, 0.1) is 0 Å². The first-order chi connectivity index (χ1) is 24.8. The van der Waals surface area contributed by atoms with Gasteiger partial charge in [-0.2, -0.15) is 5.90 Å². The molecule has 0 saturated carbocycles. The van der Waals surface area contributed by atoms with Gasteiger partial charge < -0.3 is 29.1 Å². The number of anilines is 3. The summed E-state index contributed by atoms with van der Waals surface area (Å²) in [5.74, 6) is 7.03. The summed E-state index contributed by atoms with van der Waals surface area (Å²) in [5.41, 5.74) is 9.12. The van der Waals surface area contributed by atoms with Crippen LogP contribution >= 0.6 is 0 Å². The van der Waals surface area contributed by atoms with Gasteiger partial charge in [0, 0.05) is 80.6 Å². The van der Waals surface area contributed by atoms with Crippen LogP contribution in [0.3, 0.4) is 0 Å². The Morgan fingerprint density at radius 2 is 1.55 bits per heavy atom. The van der Waals surface area contributed by atoms with E-state index >= 15 is 0 Å². The first-order valence-electron chi connectivity index (χ1n) is 18.3. The standard InChI is InChI=1S/C20H24N3O.C11H14NO.C10H16N2O2/c1-4-22(5-2)15-7-8-16-19(12-15)24-20-13-18-14(11-17(20)21-16)9-10-23(18)6-3;1-3-12-7-6-9-4-5-10(13-2)8-11(9)12;1-3-12(4-2)8-5-6-10(14-11)9(13)7-8/h7-8,11-13H,4-6,9-10H2,1-3H3;4-5,8H,2-3,6-7H2,1H3;5-7,13H,3-4,11H2,1-2H3/q2*+1;. The predicted molar refractivity (Wildman–Crippen MR) is 210 cm³/mol. The van der Waals surface area contributed by atoms with E-state index in [2.05, 4.69) is 115 Å². The third-order valence-electron chi connectivity index (χ3n) is 9.86. The highest BCUT2D eigenvalue weighted by Gasteiger charge is 2.21. The minimum atomic E-state index is 0.0666. The number of benzene rings is 4. The molecule has 1 aliphatic carbocycles. The van der Waals surface area contributed by atoms with Gasteiger partial charge in [-0.3, -0.25) is 0 Å². The SMILES string of the molecule is C=[O+]c1ccc2c(c1)N(CC)CC2.CCN(CC)c1ccc(ON)c(O)c1.CCN1CCc2cc3nc4ccc(=[N+](CC)CC)cc-4oc3cc21. The van der Waals surface area contributed by atoms with E-state index in [-0.39, 0.29) is 5.75 Å². The van der Waals surface area contributed by atoms with Crippen LogP contribution in [0.4, 0.5) is 17.1 Å². The summed E-state index contributed by atoms with van der Waals surface area (Å²) in [6.07, 6.45) is 2.25. The zero-order valence-corrected chi connectivity index (χ0v) is 31.1. The van der Waals surface area contributed by atoms with Gasteiger partial charge in [-0.1, -0.05) is 0 Å². The molecule has 3 aromatic carbocycles. The fraction of sp³-hybridized carbons (Fsp3) is 0.390. The molecule has 0 atom stereocenters. The molecule has 51 heavy (non-hydrogen) atoms. The Morgan fingerprint density at radius 1 is 0.863 bits per heavy atom. The van der Waals surface area contributed by atoms with Crippen LogP contribution in [-0.4, -0.2) is 69.2 Å². The molecular weight excluding hydrogens is 640 g/mol. The first-order valence-corrected chi connectivity index (χ1v) is 18.3. The first kappa shape index (κ1) is 37.2. The van der Waals surface area contributed by atoms with E-state index in [0.717, 1.165) is 99.2 Å². The van der Waals surface area contributed by atoms with Crippen LogP contribution in [0.2, 0.25) is 0 Å². The molecular formula is C41H54N6O4+2. The Balaban J connectivity index is 0.000000160. The summed E-state index contributed by atoms with van der Waals surface area (Å²) in [4.78, 5) is 16.2. The maximum Gasteiger partial charge on any atom is 0.353 e. The maximum absolute atomic E-state index is 9.50. The van der Waals surface area contributed by atoms with Crippen molar-refractivity contribution in [1.82, 2.24) is 9.56 Å². The van der Waals surface area contributed by atoms with Gasteiger partial charge in [-0.25, -0.2) is 14.0 Å². The Bertz CT molecular complexity index is 1980. The molecule has 3 aromatic rings. The van der Waals surface area contributed by atoms with Crippen molar-refractivity contribution in [3.8, 4) is 28.7 Å². The lowest BCUT2D eigenvalue weighted by Gasteiger charge is -2.21. The molecule has 270 valence electrons. The largest absolute Gasteiger partial charge is 0.504 e. The lowest BCUT2D eigenvalue weighted by Crippen LogP contribution is -2.29. The van der Waals surface area contributed by atoms with Crippen LogP contribution in [0.5, 0.6) is 17.2 Å². The fourth-order valence-corrected chi connectivity index (χ4v) is 6.91. The lowest BCUT2D eigenvalue weighted by atomic mass is 10.1. The number of aromatic nitrogens is 1. The average Bonchev–Trinajstić information content (AvgIpc) is 3.77. The quantitative estimate of drug-likeness (QED) is 0.0755. The number of nitrogens with two attached hydrogens (primary N) is 1. The van der Waals surface area contributed by atoms with E-state index in [9.17, 15) is 5.11 Å². The van der Waals surface area contributed by atoms with Crippen molar-refractivity contribution in [2.45, 2.75) is 54.4 Å². The zero-order valence-electron chi connectivity index (χ0n) is 31.1. The molecule has 10 nitrogen and oxygen atoms in total. The van der Waals surface area contributed by atoms with Crippen molar-refractivity contribution in [2.24, 2.45) is 5.90 Å². The van der Waals surface area contributed by atoms with Crippen LogP contribution in [0.1, 0.15) is 52.7 Å². The summed E-state index contributed by atoms with van der Waals surface area (Å²) < 4.78 is 13.5. The van der Waals surface area contributed by atoms with Gasteiger partial charge in [-0.05, 0) is 95.8 Å². The second-order valence-corrected chi connectivity index (χ2v) is 12.5. The second-order valence-electron chi connectivity index (χ2n) is 12.5. The normalized spacial score (nSPS) is 12.8. The highest BCUT2D eigenvalue weighted by Crippen LogP contribution is 2.34. The van der Waals surface area contributed by atoms with E-state index in [1.54, 1.807) is 12.1 Å². The molecule has 3 heterocycles.